The third-order valence-corrected chi connectivity index (χ3v) is 4.09. The minimum atomic E-state index is -0.602. The van der Waals surface area contributed by atoms with Crippen molar-refractivity contribution in [2.24, 2.45) is 0 Å². The Balaban J connectivity index is 2.55. The first-order valence-electron chi connectivity index (χ1n) is 7.26. The predicted octanol–water partition coefficient (Wildman–Crippen LogP) is 4.32. The Hall–Kier alpha value is -1.80. The number of hydrogen-bond donors (Lipinski definition) is 1. The summed E-state index contributed by atoms with van der Waals surface area (Å²) in [7, 11) is 1.67. The van der Waals surface area contributed by atoms with E-state index in [1.54, 1.807) is 7.11 Å². The number of methoxy groups -OCH3 is 1. The molecule has 2 aromatic rings. The molecule has 2 aromatic carbocycles. The van der Waals surface area contributed by atoms with E-state index in [-0.39, 0.29) is 0 Å². The molecule has 1 unspecified atom stereocenters. The Kier molecular flexibility index (Phi) is 4.38. The Bertz CT molecular complexity index is 649. The molecule has 1 atom stereocenters. The fraction of sp³-hybridized carbons (Fsp3) is 0.368. The number of benzene rings is 2. The van der Waals surface area contributed by atoms with Gasteiger partial charge in [0.05, 0.1) is 7.11 Å². The molecule has 21 heavy (non-hydrogen) atoms. The van der Waals surface area contributed by atoms with Crippen LogP contribution in [0.2, 0.25) is 0 Å². The van der Waals surface area contributed by atoms with Crippen LogP contribution in [0.3, 0.4) is 0 Å². The molecule has 0 amide bonds. The molecular formula is C19H24O2. The molecule has 2 heteroatoms. The molecule has 0 bridgehead atoms. The molecule has 0 spiro atoms. The number of rotatable bonds is 3. The van der Waals surface area contributed by atoms with Crippen molar-refractivity contribution in [1.82, 2.24) is 0 Å². The lowest BCUT2D eigenvalue weighted by Crippen LogP contribution is -2.07. The first-order chi connectivity index (χ1) is 9.85. The zero-order valence-corrected chi connectivity index (χ0v) is 13.7. The molecule has 0 aliphatic carbocycles. The molecule has 0 heterocycles. The first kappa shape index (κ1) is 15.6. The van der Waals surface area contributed by atoms with Crippen LogP contribution in [0.4, 0.5) is 0 Å². The van der Waals surface area contributed by atoms with Crippen LogP contribution in [-0.4, -0.2) is 12.2 Å². The molecule has 0 saturated carbocycles. The van der Waals surface area contributed by atoms with Crippen molar-refractivity contribution in [3.05, 3.63) is 63.2 Å². The largest absolute Gasteiger partial charge is 0.496 e. The predicted molar refractivity (Wildman–Crippen MR) is 87.2 cm³/mol. The molecule has 0 saturated heterocycles. The zero-order valence-electron chi connectivity index (χ0n) is 13.7. The van der Waals surface area contributed by atoms with E-state index in [1.807, 2.05) is 26.0 Å². The number of hydrogen-bond acceptors (Lipinski definition) is 2. The van der Waals surface area contributed by atoms with Crippen LogP contribution in [-0.2, 0) is 0 Å². The minimum absolute atomic E-state index is 0.602. The van der Waals surface area contributed by atoms with Gasteiger partial charge in [-0.25, -0.2) is 0 Å². The Labute approximate surface area is 127 Å². The van der Waals surface area contributed by atoms with E-state index in [4.69, 9.17) is 4.74 Å². The number of aliphatic hydroxyl groups excluding tert-OH is 1. The quantitative estimate of drug-likeness (QED) is 0.909. The molecule has 0 aliphatic heterocycles. The molecule has 1 N–H and O–H groups in total. The van der Waals surface area contributed by atoms with Crippen LogP contribution in [0, 0.1) is 34.6 Å². The van der Waals surface area contributed by atoms with Gasteiger partial charge in [0.2, 0.25) is 0 Å². The van der Waals surface area contributed by atoms with Gasteiger partial charge in [-0.15, -0.1) is 0 Å². The number of ether oxygens (including phenoxy) is 1. The summed E-state index contributed by atoms with van der Waals surface area (Å²) >= 11 is 0. The normalized spacial score (nSPS) is 12.3. The lowest BCUT2D eigenvalue weighted by atomic mass is 9.89. The Morgan fingerprint density at radius 3 is 1.90 bits per heavy atom. The SMILES string of the molecule is COc1cc(C)c(C(O)c2c(C)cc(C)cc2C)cc1C. The van der Waals surface area contributed by atoms with Crippen LogP contribution < -0.4 is 4.74 Å². The maximum absolute atomic E-state index is 10.9. The van der Waals surface area contributed by atoms with Crippen LogP contribution in [0.5, 0.6) is 5.75 Å². The average Bonchev–Trinajstić information content (AvgIpc) is 2.39. The summed E-state index contributed by atoms with van der Waals surface area (Å²) in [5, 5.41) is 10.9. The molecule has 0 aromatic heterocycles. The Morgan fingerprint density at radius 2 is 1.38 bits per heavy atom. The summed E-state index contributed by atoms with van der Waals surface area (Å²) in [6.45, 7) is 10.2. The van der Waals surface area contributed by atoms with E-state index < -0.39 is 6.10 Å². The van der Waals surface area contributed by atoms with Gasteiger partial charge in [0, 0.05) is 0 Å². The first-order valence-corrected chi connectivity index (χ1v) is 7.26. The highest BCUT2D eigenvalue weighted by molar-refractivity contribution is 5.48. The van der Waals surface area contributed by atoms with E-state index in [1.165, 1.54) is 5.56 Å². The highest BCUT2D eigenvalue weighted by atomic mass is 16.5. The highest BCUT2D eigenvalue weighted by Crippen LogP contribution is 2.33. The van der Waals surface area contributed by atoms with Gasteiger partial charge in [-0.05, 0) is 80.1 Å². The summed E-state index contributed by atoms with van der Waals surface area (Å²) in [6, 6.07) is 8.26. The van der Waals surface area contributed by atoms with E-state index in [0.29, 0.717) is 0 Å². The molecule has 0 radical (unpaired) electrons. The van der Waals surface area contributed by atoms with Crippen molar-refractivity contribution < 1.29 is 9.84 Å². The van der Waals surface area contributed by atoms with Gasteiger partial charge in [-0.3, -0.25) is 0 Å². The van der Waals surface area contributed by atoms with Gasteiger partial charge >= 0.3 is 0 Å². The van der Waals surface area contributed by atoms with Gasteiger partial charge in [0.25, 0.3) is 0 Å². The maximum Gasteiger partial charge on any atom is 0.122 e. The second-order valence-electron chi connectivity index (χ2n) is 5.89. The van der Waals surface area contributed by atoms with Crippen molar-refractivity contribution in [3.8, 4) is 5.75 Å². The third-order valence-electron chi connectivity index (χ3n) is 4.09. The molecular weight excluding hydrogens is 260 g/mol. The number of aliphatic hydroxyl groups is 1. The van der Waals surface area contributed by atoms with E-state index in [9.17, 15) is 5.11 Å². The topological polar surface area (TPSA) is 29.5 Å². The van der Waals surface area contributed by atoms with Crippen molar-refractivity contribution >= 4 is 0 Å². The van der Waals surface area contributed by atoms with Crippen LogP contribution in [0.25, 0.3) is 0 Å². The van der Waals surface area contributed by atoms with Crippen molar-refractivity contribution in [1.29, 1.82) is 0 Å². The smallest absolute Gasteiger partial charge is 0.122 e. The van der Waals surface area contributed by atoms with Crippen LogP contribution in [0.15, 0.2) is 24.3 Å². The van der Waals surface area contributed by atoms with E-state index >= 15 is 0 Å². The molecule has 0 fully saturated rings. The lowest BCUT2D eigenvalue weighted by molar-refractivity contribution is 0.218. The average molecular weight is 284 g/mol. The van der Waals surface area contributed by atoms with Crippen molar-refractivity contribution in [2.75, 3.05) is 7.11 Å². The highest BCUT2D eigenvalue weighted by Gasteiger charge is 2.19. The monoisotopic (exact) mass is 284 g/mol. The van der Waals surface area contributed by atoms with E-state index in [0.717, 1.165) is 39.1 Å². The van der Waals surface area contributed by atoms with Crippen molar-refractivity contribution in [3.63, 3.8) is 0 Å². The standard InChI is InChI=1S/C19H24O2/c1-11-7-14(4)18(15(5)8-11)19(20)16-9-13(3)17(21-6)10-12(16)2/h7-10,19-20H,1-6H3. The van der Waals surface area contributed by atoms with Crippen LogP contribution in [0.1, 0.15) is 45.0 Å². The van der Waals surface area contributed by atoms with E-state index in [2.05, 4.69) is 32.9 Å². The van der Waals surface area contributed by atoms with Gasteiger partial charge in [0.15, 0.2) is 0 Å². The molecule has 2 rings (SSSR count). The van der Waals surface area contributed by atoms with Crippen molar-refractivity contribution in [2.45, 2.75) is 40.7 Å². The number of aryl methyl sites for hydroxylation is 5. The summed E-state index contributed by atoms with van der Waals surface area (Å²) in [6.07, 6.45) is -0.602. The third kappa shape index (κ3) is 2.96. The van der Waals surface area contributed by atoms with Gasteiger partial charge < -0.3 is 9.84 Å². The second-order valence-corrected chi connectivity index (χ2v) is 5.89. The van der Waals surface area contributed by atoms with Gasteiger partial charge in [-0.1, -0.05) is 17.7 Å². The molecule has 2 nitrogen and oxygen atoms in total. The van der Waals surface area contributed by atoms with Gasteiger partial charge in [-0.2, -0.15) is 0 Å². The lowest BCUT2D eigenvalue weighted by Gasteiger charge is -2.21. The molecule has 112 valence electrons. The summed E-state index contributed by atoms with van der Waals surface area (Å²) < 4.78 is 5.35. The fourth-order valence-corrected chi connectivity index (χ4v) is 3.10. The van der Waals surface area contributed by atoms with Crippen LogP contribution >= 0.6 is 0 Å². The van der Waals surface area contributed by atoms with Gasteiger partial charge in [0.1, 0.15) is 11.9 Å². The summed E-state index contributed by atoms with van der Waals surface area (Å²) in [5.74, 6) is 0.862. The maximum atomic E-state index is 10.9. The summed E-state index contributed by atoms with van der Waals surface area (Å²) in [4.78, 5) is 0. The zero-order chi connectivity index (χ0) is 15.7. The second kappa shape index (κ2) is 5.90. The minimum Gasteiger partial charge on any atom is -0.496 e. The molecule has 0 aliphatic rings. The fourth-order valence-electron chi connectivity index (χ4n) is 3.10. The summed E-state index contributed by atoms with van der Waals surface area (Å²) in [5.41, 5.74) is 7.53. The Morgan fingerprint density at radius 1 is 0.810 bits per heavy atom.